The Kier molecular flexibility index (Phi) is 4.86. The number of nitrogens with one attached hydrogen (secondary N) is 1. The number of fused-ring (bicyclic) bond motifs is 1. The van der Waals surface area contributed by atoms with E-state index in [1.54, 1.807) is 6.07 Å². The molecule has 0 aromatic heterocycles. The largest absolute Gasteiger partial charge is 0.479 e. The maximum absolute atomic E-state index is 13.0. The minimum absolute atomic E-state index is 0.309. The van der Waals surface area contributed by atoms with Gasteiger partial charge >= 0.3 is 5.97 Å². The second-order valence-corrected chi connectivity index (χ2v) is 7.72. The van der Waals surface area contributed by atoms with Crippen LogP contribution >= 0.6 is 0 Å². The summed E-state index contributed by atoms with van der Waals surface area (Å²) in [5.74, 6) is -0.886. The maximum atomic E-state index is 13.0. The summed E-state index contributed by atoms with van der Waals surface area (Å²) in [6, 6.07) is 13.4. The number of hydrogen-bond donors (Lipinski definition) is 2. The lowest BCUT2D eigenvalue weighted by Crippen LogP contribution is -2.55. The molecule has 0 atom stereocenters. The van der Waals surface area contributed by atoms with Gasteiger partial charge in [0.15, 0.2) is 0 Å². The number of hydrogen-bond acceptors (Lipinski definition) is 2. The van der Waals surface area contributed by atoms with E-state index < -0.39 is 11.5 Å². The van der Waals surface area contributed by atoms with E-state index in [9.17, 15) is 14.7 Å². The highest BCUT2D eigenvalue weighted by Crippen LogP contribution is 2.31. The SMILES string of the molecule is Cc1ccc(C(=O)NC2(C(=O)O)Cc3ccccc3C2)c(CC(C)C)c1. The van der Waals surface area contributed by atoms with E-state index >= 15 is 0 Å². The van der Waals surface area contributed by atoms with Crippen molar-refractivity contribution < 1.29 is 14.7 Å². The average molecular weight is 351 g/mol. The second kappa shape index (κ2) is 6.94. The molecule has 4 heteroatoms. The van der Waals surface area contributed by atoms with Crippen molar-refractivity contribution in [1.29, 1.82) is 0 Å². The van der Waals surface area contributed by atoms with Crippen LogP contribution in [0.4, 0.5) is 0 Å². The zero-order chi connectivity index (χ0) is 18.9. The van der Waals surface area contributed by atoms with Gasteiger partial charge in [0.1, 0.15) is 5.54 Å². The molecule has 1 aliphatic rings. The maximum Gasteiger partial charge on any atom is 0.330 e. The summed E-state index contributed by atoms with van der Waals surface area (Å²) in [5, 5.41) is 12.7. The Morgan fingerprint density at radius 2 is 1.73 bits per heavy atom. The molecule has 26 heavy (non-hydrogen) atoms. The Hall–Kier alpha value is -2.62. The highest BCUT2D eigenvalue weighted by Gasteiger charge is 2.45. The molecule has 2 aromatic carbocycles. The van der Waals surface area contributed by atoms with Crippen LogP contribution in [0.15, 0.2) is 42.5 Å². The normalized spacial score (nSPS) is 14.9. The highest BCUT2D eigenvalue weighted by molar-refractivity contribution is 5.99. The van der Waals surface area contributed by atoms with Gasteiger partial charge in [-0.1, -0.05) is 55.8 Å². The van der Waals surface area contributed by atoms with Gasteiger partial charge in [0.05, 0.1) is 0 Å². The summed E-state index contributed by atoms with van der Waals surface area (Å²) in [6.07, 6.45) is 1.41. The van der Waals surface area contributed by atoms with Gasteiger partial charge in [0.2, 0.25) is 0 Å². The van der Waals surface area contributed by atoms with Crippen LogP contribution in [0.2, 0.25) is 0 Å². The lowest BCUT2D eigenvalue weighted by Gasteiger charge is -2.26. The first-order valence-corrected chi connectivity index (χ1v) is 9.03. The number of carboxylic acids is 1. The minimum atomic E-state index is -1.28. The smallest absolute Gasteiger partial charge is 0.330 e. The Bertz CT molecular complexity index is 829. The van der Waals surface area contributed by atoms with Crippen molar-refractivity contribution in [2.45, 2.75) is 45.6 Å². The van der Waals surface area contributed by atoms with E-state index in [1.165, 1.54) is 0 Å². The molecule has 0 saturated carbocycles. The predicted molar refractivity (Wildman–Crippen MR) is 101 cm³/mol. The summed E-state index contributed by atoms with van der Waals surface area (Å²) < 4.78 is 0. The monoisotopic (exact) mass is 351 g/mol. The lowest BCUT2D eigenvalue weighted by molar-refractivity contribution is -0.144. The minimum Gasteiger partial charge on any atom is -0.479 e. The molecule has 0 radical (unpaired) electrons. The third-order valence-corrected chi connectivity index (χ3v) is 5.00. The zero-order valence-electron chi connectivity index (χ0n) is 15.5. The third-order valence-electron chi connectivity index (χ3n) is 5.00. The van der Waals surface area contributed by atoms with Crippen molar-refractivity contribution in [3.05, 3.63) is 70.3 Å². The first kappa shape index (κ1) is 18.2. The Morgan fingerprint density at radius 1 is 1.12 bits per heavy atom. The van der Waals surface area contributed by atoms with Crippen LogP contribution in [0.3, 0.4) is 0 Å². The van der Waals surface area contributed by atoms with Crippen LogP contribution in [0.5, 0.6) is 0 Å². The molecule has 0 saturated heterocycles. The molecule has 3 rings (SSSR count). The average Bonchev–Trinajstić information content (AvgIpc) is 2.93. The van der Waals surface area contributed by atoms with Gasteiger partial charge in [-0.15, -0.1) is 0 Å². The van der Waals surface area contributed by atoms with Crippen LogP contribution in [0.1, 0.15) is 46.5 Å². The molecule has 0 spiro atoms. The van der Waals surface area contributed by atoms with Crippen molar-refractivity contribution in [3.63, 3.8) is 0 Å². The van der Waals surface area contributed by atoms with Crippen LogP contribution in [-0.2, 0) is 24.1 Å². The van der Waals surface area contributed by atoms with E-state index in [0.717, 1.165) is 28.7 Å². The van der Waals surface area contributed by atoms with Gasteiger partial charge in [0, 0.05) is 18.4 Å². The number of rotatable bonds is 5. The van der Waals surface area contributed by atoms with E-state index in [4.69, 9.17) is 0 Å². The third kappa shape index (κ3) is 3.50. The first-order valence-electron chi connectivity index (χ1n) is 9.03. The Labute approximate surface area is 154 Å². The fourth-order valence-electron chi connectivity index (χ4n) is 3.75. The topological polar surface area (TPSA) is 66.4 Å². The van der Waals surface area contributed by atoms with Gasteiger partial charge in [-0.05, 0) is 42.0 Å². The van der Waals surface area contributed by atoms with E-state index in [0.29, 0.717) is 24.3 Å². The summed E-state index contributed by atoms with van der Waals surface area (Å²) in [6.45, 7) is 6.21. The number of carboxylic acid groups (broad SMARTS) is 1. The Balaban J connectivity index is 1.90. The van der Waals surface area contributed by atoms with Crippen molar-refractivity contribution in [2.75, 3.05) is 0 Å². The van der Waals surface area contributed by atoms with E-state index in [-0.39, 0.29) is 5.91 Å². The number of aliphatic carboxylic acids is 1. The molecule has 2 aromatic rings. The number of carbonyl (C=O) groups is 2. The van der Waals surface area contributed by atoms with E-state index in [1.807, 2.05) is 43.3 Å². The van der Waals surface area contributed by atoms with Crippen LogP contribution < -0.4 is 5.32 Å². The predicted octanol–water partition coefficient (Wildman–Crippen LogP) is 3.55. The van der Waals surface area contributed by atoms with Gasteiger partial charge in [-0.2, -0.15) is 0 Å². The molecule has 2 N–H and O–H groups in total. The molecule has 0 aliphatic heterocycles. The van der Waals surface area contributed by atoms with Gasteiger partial charge in [-0.25, -0.2) is 4.79 Å². The van der Waals surface area contributed by atoms with Crippen molar-refractivity contribution >= 4 is 11.9 Å². The fourth-order valence-corrected chi connectivity index (χ4v) is 3.75. The second-order valence-electron chi connectivity index (χ2n) is 7.72. The molecule has 1 amide bonds. The number of carbonyl (C=O) groups excluding carboxylic acids is 1. The van der Waals surface area contributed by atoms with Crippen LogP contribution in [-0.4, -0.2) is 22.5 Å². The summed E-state index contributed by atoms with van der Waals surface area (Å²) in [5.41, 5.74) is 3.33. The molecule has 136 valence electrons. The summed E-state index contributed by atoms with van der Waals surface area (Å²) in [4.78, 5) is 25.1. The van der Waals surface area contributed by atoms with Gasteiger partial charge < -0.3 is 10.4 Å². The molecular weight excluding hydrogens is 326 g/mol. The number of benzene rings is 2. The zero-order valence-corrected chi connectivity index (χ0v) is 15.5. The van der Waals surface area contributed by atoms with Crippen LogP contribution in [0.25, 0.3) is 0 Å². The molecule has 1 aliphatic carbocycles. The molecule has 0 heterocycles. The van der Waals surface area contributed by atoms with Crippen molar-refractivity contribution in [2.24, 2.45) is 5.92 Å². The quantitative estimate of drug-likeness (QED) is 0.866. The fraction of sp³-hybridized carbons (Fsp3) is 0.364. The van der Waals surface area contributed by atoms with Gasteiger partial charge in [-0.3, -0.25) is 4.79 Å². The number of aryl methyl sites for hydroxylation is 1. The molecule has 0 unspecified atom stereocenters. The molecular formula is C22H25NO3. The van der Waals surface area contributed by atoms with Crippen LogP contribution in [0, 0.1) is 12.8 Å². The molecule has 0 fully saturated rings. The first-order chi connectivity index (χ1) is 12.3. The van der Waals surface area contributed by atoms with Crippen molar-refractivity contribution in [1.82, 2.24) is 5.32 Å². The van der Waals surface area contributed by atoms with Gasteiger partial charge in [0.25, 0.3) is 5.91 Å². The summed E-state index contributed by atoms with van der Waals surface area (Å²) >= 11 is 0. The Morgan fingerprint density at radius 3 is 2.27 bits per heavy atom. The molecule has 4 nitrogen and oxygen atoms in total. The lowest BCUT2D eigenvalue weighted by atomic mass is 9.92. The van der Waals surface area contributed by atoms with E-state index in [2.05, 4.69) is 19.2 Å². The number of amides is 1. The molecule has 0 bridgehead atoms. The van der Waals surface area contributed by atoms with Crippen molar-refractivity contribution in [3.8, 4) is 0 Å². The summed E-state index contributed by atoms with van der Waals surface area (Å²) in [7, 11) is 0. The standard InChI is InChI=1S/C22H25NO3/c1-14(2)10-18-11-15(3)8-9-19(18)20(24)23-22(21(25)26)12-16-6-4-5-7-17(16)13-22/h4-9,11,14H,10,12-13H2,1-3H3,(H,23,24)(H,25,26). The highest BCUT2D eigenvalue weighted by atomic mass is 16.4.